The normalized spacial score (nSPS) is 11.7. The SMILES string of the molecule is COc1ccccc1Oc1c(Cl)nc(-c2ccncc2)nc1NS(=O)(=O)c1ccc(C(C)(C)C)cc1. The number of sulfonamides is 1. The standard InChI is InChI=1S/C26H25ClN4O4S/c1-26(2,3)18-9-11-19(12-10-18)36(32,33)31-25-22(35-21-8-6-5-7-20(21)34-4)23(27)29-24(30-25)17-13-15-28-16-14-17/h5-16H,1-4H3,(H,29,30,31). The molecule has 0 radical (unpaired) electrons. The molecule has 2 heterocycles. The topological polar surface area (TPSA) is 103 Å². The fourth-order valence-electron chi connectivity index (χ4n) is 3.35. The Morgan fingerprint density at radius 2 is 1.53 bits per heavy atom. The van der Waals surface area contributed by atoms with E-state index >= 15 is 0 Å². The minimum Gasteiger partial charge on any atom is -0.493 e. The van der Waals surface area contributed by atoms with Crippen LogP contribution in [0.1, 0.15) is 26.3 Å². The number of para-hydroxylation sites is 2. The molecule has 0 aliphatic rings. The fraction of sp³-hybridized carbons (Fsp3) is 0.192. The molecule has 0 aliphatic carbocycles. The number of ether oxygens (including phenoxy) is 2. The Kier molecular flexibility index (Phi) is 7.14. The highest BCUT2D eigenvalue weighted by Crippen LogP contribution is 2.40. The van der Waals surface area contributed by atoms with Crippen LogP contribution in [0.5, 0.6) is 17.2 Å². The Labute approximate surface area is 215 Å². The molecule has 0 saturated carbocycles. The molecule has 1 N–H and O–H groups in total. The summed E-state index contributed by atoms with van der Waals surface area (Å²) in [5.74, 6) is 0.771. The summed E-state index contributed by atoms with van der Waals surface area (Å²) >= 11 is 6.51. The summed E-state index contributed by atoms with van der Waals surface area (Å²) in [6.45, 7) is 6.17. The quantitative estimate of drug-likeness (QED) is 0.292. The minimum absolute atomic E-state index is 0.0612. The fourth-order valence-corrected chi connectivity index (χ4v) is 4.56. The summed E-state index contributed by atoms with van der Waals surface area (Å²) in [6.07, 6.45) is 3.15. The number of benzene rings is 2. The molecule has 0 spiro atoms. The number of methoxy groups -OCH3 is 1. The summed E-state index contributed by atoms with van der Waals surface area (Å²) in [5, 5.41) is -0.0801. The maximum atomic E-state index is 13.3. The van der Waals surface area contributed by atoms with Crippen LogP contribution in [-0.2, 0) is 15.4 Å². The van der Waals surface area contributed by atoms with E-state index in [0.717, 1.165) is 5.56 Å². The number of nitrogens with one attached hydrogen (secondary N) is 1. The Morgan fingerprint density at radius 1 is 0.889 bits per heavy atom. The molecule has 0 aliphatic heterocycles. The Hall–Kier alpha value is -3.69. The average Bonchev–Trinajstić information content (AvgIpc) is 2.86. The van der Waals surface area contributed by atoms with Crippen LogP contribution >= 0.6 is 11.6 Å². The molecular weight excluding hydrogens is 500 g/mol. The van der Waals surface area contributed by atoms with E-state index in [1.54, 1.807) is 73.1 Å². The summed E-state index contributed by atoms with van der Waals surface area (Å²) in [4.78, 5) is 12.8. The Balaban J connectivity index is 1.79. The van der Waals surface area contributed by atoms with Crippen LogP contribution in [0.4, 0.5) is 5.82 Å². The van der Waals surface area contributed by atoms with Gasteiger partial charge in [-0.25, -0.2) is 18.4 Å². The van der Waals surface area contributed by atoms with Crippen molar-refractivity contribution in [3.8, 4) is 28.6 Å². The van der Waals surface area contributed by atoms with E-state index in [4.69, 9.17) is 21.1 Å². The smallest absolute Gasteiger partial charge is 0.263 e. The number of rotatable bonds is 7. The molecule has 0 fully saturated rings. The van der Waals surface area contributed by atoms with Crippen molar-refractivity contribution < 1.29 is 17.9 Å². The van der Waals surface area contributed by atoms with Gasteiger partial charge in [0.1, 0.15) is 0 Å². The van der Waals surface area contributed by atoms with Gasteiger partial charge < -0.3 is 9.47 Å². The van der Waals surface area contributed by atoms with Crippen LogP contribution in [0.25, 0.3) is 11.4 Å². The molecule has 186 valence electrons. The third kappa shape index (κ3) is 5.58. The van der Waals surface area contributed by atoms with Gasteiger partial charge in [-0.1, -0.05) is 56.6 Å². The summed E-state index contributed by atoms with van der Waals surface area (Å²) in [7, 11) is -2.55. The second-order valence-electron chi connectivity index (χ2n) is 8.88. The second kappa shape index (κ2) is 10.1. The van der Waals surface area contributed by atoms with E-state index in [9.17, 15) is 8.42 Å². The molecule has 4 aromatic rings. The number of hydrogen-bond donors (Lipinski definition) is 1. The monoisotopic (exact) mass is 524 g/mol. The number of hydrogen-bond acceptors (Lipinski definition) is 7. The summed E-state index contributed by atoms with van der Waals surface area (Å²) in [6, 6.07) is 17.0. The van der Waals surface area contributed by atoms with E-state index in [1.807, 2.05) is 0 Å². The van der Waals surface area contributed by atoms with Crippen molar-refractivity contribution in [2.24, 2.45) is 0 Å². The molecule has 2 aromatic carbocycles. The molecule has 8 nitrogen and oxygen atoms in total. The van der Waals surface area contributed by atoms with Gasteiger partial charge >= 0.3 is 0 Å². The van der Waals surface area contributed by atoms with Gasteiger partial charge in [-0.05, 0) is 47.4 Å². The molecule has 0 unspecified atom stereocenters. The summed E-state index contributed by atoms with van der Waals surface area (Å²) in [5.41, 5.74) is 1.49. The molecule has 36 heavy (non-hydrogen) atoms. The maximum Gasteiger partial charge on any atom is 0.263 e. The number of halogens is 1. The van der Waals surface area contributed by atoms with E-state index < -0.39 is 10.0 Å². The largest absolute Gasteiger partial charge is 0.493 e. The van der Waals surface area contributed by atoms with Gasteiger partial charge in [-0.3, -0.25) is 9.71 Å². The molecule has 0 atom stereocenters. The first-order valence-corrected chi connectivity index (χ1v) is 12.9. The van der Waals surface area contributed by atoms with Crippen LogP contribution in [0.2, 0.25) is 5.15 Å². The van der Waals surface area contributed by atoms with Crippen LogP contribution in [-0.4, -0.2) is 30.5 Å². The minimum atomic E-state index is -4.04. The number of aromatic nitrogens is 3. The van der Waals surface area contributed by atoms with Gasteiger partial charge in [0.2, 0.25) is 5.75 Å². The molecule has 10 heteroatoms. The highest BCUT2D eigenvalue weighted by molar-refractivity contribution is 7.92. The first-order valence-electron chi connectivity index (χ1n) is 11.0. The lowest BCUT2D eigenvalue weighted by Gasteiger charge is -2.19. The zero-order valence-electron chi connectivity index (χ0n) is 20.2. The highest BCUT2D eigenvalue weighted by Gasteiger charge is 2.24. The van der Waals surface area contributed by atoms with E-state index in [-0.39, 0.29) is 32.9 Å². The van der Waals surface area contributed by atoms with Crippen LogP contribution in [0.15, 0.2) is 78.0 Å². The van der Waals surface area contributed by atoms with E-state index in [1.165, 1.54) is 7.11 Å². The third-order valence-electron chi connectivity index (χ3n) is 5.31. The lowest BCUT2D eigenvalue weighted by atomic mass is 9.87. The zero-order chi connectivity index (χ0) is 25.9. The first kappa shape index (κ1) is 25.4. The van der Waals surface area contributed by atoms with Crippen LogP contribution in [0.3, 0.4) is 0 Å². The van der Waals surface area contributed by atoms with E-state index in [0.29, 0.717) is 17.1 Å². The van der Waals surface area contributed by atoms with Gasteiger partial charge in [-0.15, -0.1) is 0 Å². The van der Waals surface area contributed by atoms with Crippen molar-refractivity contribution in [3.63, 3.8) is 0 Å². The molecule has 2 aromatic heterocycles. The maximum absolute atomic E-state index is 13.3. The average molecular weight is 525 g/mol. The van der Waals surface area contributed by atoms with Crippen LogP contribution in [0, 0.1) is 0 Å². The Bertz CT molecular complexity index is 1470. The van der Waals surface area contributed by atoms with Gasteiger partial charge in [-0.2, -0.15) is 0 Å². The zero-order valence-corrected chi connectivity index (χ0v) is 21.8. The number of anilines is 1. The van der Waals surface area contributed by atoms with Gasteiger partial charge in [0.05, 0.1) is 12.0 Å². The van der Waals surface area contributed by atoms with Crippen molar-refractivity contribution in [3.05, 3.63) is 83.8 Å². The Morgan fingerprint density at radius 3 is 2.14 bits per heavy atom. The molecule has 0 amide bonds. The third-order valence-corrected chi connectivity index (χ3v) is 6.92. The van der Waals surface area contributed by atoms with Crippen molar-refractivity contribution in [2.75, 3.05) is 11.8 Å². The molecule has 0 saturated heterocycles. The molecule has 4 rings (SSSR count). The number of pyridine rings is 1. The number of nitrogens with zero attached hydrogens (tertiary/aromatic N) is 3. The lowest BCUT2D eigenvalue weighted by Crippen LogP contribution is -2.16. The highest BCUT2D eigenvalue weighted by atomic mass is 35.5. The predicted octanol–water partition coefficient (Wildman–Crippen LogP) is 6.09. The second-order valence-corrected chi connectivity index (χ2v) is 10.9. The van der Waals surface area contributed by atoms with Crippen molar-refractivity contribution in [2.45, 2.75) is 31.1 Å². The lowest BCUT2D eigenvalue weighted by molar-refractivity contribution is 0.378. The molecular formula is C26H25ClN4O4S. The summed E-state index contributed by atoms with van der Waals surface area (Å²) < 4.78 is 40.5. The van der Waals surface area contributed by atoms with E-state index in [2.05, 4.69) is 40.4 Å². The first-order chi connectivity index (χ1) is 17.1. The van der Waals surface area contributed by atoms with Crippen molar-refractivity contribution >= 4 is 27.4 Å². The van der Waals surface area contributed by atoms with Gasteiger partial charge in [0, 0.05) is 18.0 Å². The van der Waals surface area contributed by atoms with Crippen molar-refractivity contribution in [1.29, 1.82) is 0 Å². The van der Waals surface area contributed by atoms with Gasteiger partial charge in [0.25, 0.3) is 10.0 Å². The predicted molar refractivity (Wildman–Crippen MR) is 139 cm³/mol. The molecule has 0 bridgehead atoms. The van der Waals surface area contributed by atoms with Crippen molar-refractivity contribution in [1.82, 2.24) is 15.0 Å². The van der Waals surface area contributed by atoms with Gasteiger partial charge in [0.15, 0.2) is 28.3 Å². The van der Waals surface area contributed by atoms with Crippen LogP contribution < -0.4 is 14.2 Å².